The van der Waals surface area contributed by atoms with Crippen molar-refractivity contribution in [1.29, 1.82) is 5.26 Å². The quantitative estimate of drug-likeness (QED) is 0.666. The predicted octanol–water partition coefficient (Wildman–Crippen LogP) is 1.26. The highest BCUT2D eigenvalue weighted by molar-refractivity contribution is 5.39. The Morgan fingerprint density at radius 3 is 2.92 bits per heavy atom. The molecule has 0 aliphatic heterocycles. The second-order valence-electron chi connectivity index (χ2n) is 2.57. The van der Waals surface area contributed by atoms with Crippen LogP contribution in [0, 0.1) is 18.3 Å². The normalized spacial score (nSPS) is 9.42. The molecule has 0 spiro atoms. The van der Waals surface area contributed by atoms with Gasteiger partial charge in [0, 0.05) is 0 Å². The van der Waals surface area contributed by atoms with Gasteiger partial charge < -0.3 is 0 Å². The summed E-state index contributed by atoms with van der Waals surface area (Å²) < 4.78 is 0. The molecule has 0 bridgehead atoms. The van der Waals surface area contributed by atoms with Crippen LogP contribution in [0.5, 0.6) is 0 Å². The van der Waals surface area contributed by atoms with Gasteiger partial charge in [-0.2, -0.15) is 5.26 Å². The number of nitrogens with zero attached hydrogens (tertiary/aromatic N) is 1. The monoisotopic (exact) mass is 162 g/mol. The third-order valence-corrected chi connectivity index (χ3v) is 1.67. The third-order valence-electron chi connectivity index (χ3n) is 1.67. The largest absolute Gasteiger partial charge is 0.300 e. The molecule has 0 unspecified atom stereocenters. The first-order valence-electron chi connectivity index (χ1n) is 3.59. The molecule has 0 heterocycles. The molecule has 0 amide bonds. The highest BCUT2D eigenvalue weighted by Gasteiger charge is 1.98. The molecule has 0 aromatic heterocycles. The lowest BCUT2D eigenvalue weighted by Crippen LogP contribution is -1.99. The van der Waals surface area contributed by atoms with Crippen LogP contribution in [-0.2, 0) is 11.4 Å². The van der Waals surface area contributed by atoms with E-state index in [1.165, 1.54) is 0 Å². The summed E-state index contributed by atoms with van der Waals surface area (Å²) in [5.74, 6) is 4.91. The van der Waals surface area contributed by atoms with Gasteiger partial charge in [0.1, 0.15) is 0 Å². The van der Waals surface area contributed by atoms with Crippen LogP contribution < -0.4 is 5.90 Å². The lowest BCUT2D eigenvalue weighted by atomic mass is 10.1. The highest BCUT2D eigenvalue weighted by Crippen LogP contribution is 2.10. The van der Waals surface area contributed by atoms with Crippen molar-refractivity contribution in [2.24, 2.45) is 5.90 Å². The van der Waals surface area contributed by atoms with Crippen molar-refractivity contribution in [2.75, 3.05) is 0 Å². The Balaban J connectivity index is 2.99. The van der Waals surface area contributed by atoms with Gasteiger partial charge >= 0.3 is 0 Å². The van der Waals surface area contributed by atoms with Gasteiger partial charge in [-0.3, -0.25) is 4.84 Å². The zero-order valence-electron chi connectivity index (χ0n) is 6.87. The first kappa shape index (κ1) is 8.72. The van der Waals surface area contributed by atoms with Gasteiger partial charge in [0.2, 0.25) is 0 Å². The van der Waals surface area contributed by atoms with Crippen LogP contribution in [0.4, 0.5) is 0 Å². The molecule has 3 heteroatoms. The second kappa shape index (κ2) is 3.86. The number of nitrogens with two attached hydrogens (primary N) is 1. The Bertz CT molecular complexity index is 315. The summed E-state index contributed by atoms with van der Waals surface area (Å²) in [6.45, 7) is 2.24. The molecular weight excluding hydrogens is 152 g/mol. The maximum absolute atomic E-state index is 8.69. The Morgan fingerprint density at radius 1 is 1.58 bits per heavy atom. The van der Waals surface area contributed by atoms with E-state index < -0.39 is 0 Å². The highest BCUT2D eigenvalue weighted by atomic mass is 16.6. The van der Waals surface area contributed by atoms with Crippen molar-refractivity contribution < 1.29 is 4.84 Å². The molecular formula is C9H10N2O. The van der Waals surface area contributed by atoms with Gasteiger partial charge in [-0.1, -0.05) is 12.1 Å². The molecule has 0 aliphatic rings. The SMILES string of the molecule is Cc1ccc(CON)cc1C#N. The standard InChI is InChI=1S/C9H10N2O/c1-7-2-3-8(6-12-11)4-9(7)5-10/h2-4H,6,11H2,1H3. The van der Waals surface area contributed by atoms with E-state index in [2.05, 4.69) is 10.9 Å². The molecule has 12 heavy (non-hydrogen) atoms. The number of aryl methyl sites for hydroxylation is 1. The van der Waals surface area contributed by atoms with Crippen molar-refractivity contribution in [2.45, 2.75) is 13.5 Å². The molecule has 0 aliphatic carbocycles. The van der Waals surface area contributed by atoms with E-state index in [0.717, 1.165) is 11.1 Å². The Labute approximate surface area is 71.3 Å². The number of hydrogen-bond acceptors (Lipinski definition) is 3. The van der Waals surface area contributed by atoms with E-state index in [1.54, 1.807) is 6.07 Å². The van der Waals surface area contributed by atoms with Gasteiger partial charge in [-0.25, -0.2) is 5.90 Å². The minimum absolute atomic E-state index is 0.342. The third kappa shape index (κ3) is 1.82. The first-order chi connectivity index (χ1) is 5.77. The second-order valence-corrected chi connectivity index (χ2v) is 2.57. The molecule has 0 radical (unpaired) electrons. The average molecular weight is 162 g/mol. The summed E-state index contributed by atoms with van der Waals surface area (Å²) in [4.78, 5) is 4.46. The van der Waals surface area contributed by atoms with Crippen molar-refractivity contribution in [3.8, 4) is 6.07 Å². The van der Waals surface area contributed by atoms with Gasteiger partial charge in [-0.15, -0.1) is 0 Å². The van der Waals surface area contributed by atoms with E-state index in [0.29, 0.717) is 12.2 Å². The molecule has 3 nitrogen and oxygen atoms in total. The van der Waals surface area contributed by atoms with Crippen LogP contribution in [-0.4, -0.2) is 0 Å². The smallest absolute Gasteiger partial charge is 0.0994 e. The molecule has 0 fully saturated rings. The van der Waals surface area contributed by atoms with Gasteiger partial charge in [-0.05, 0) is 24.1 Å². The minimum Gasteiger partial charge on any atom is -0.300 e. The van der Waals surface area contributed by atoms with Crippen molar-refractivity contribution in [1.82, 2.24) is 0 Å². The van der Waals surface area contributed by atoms with E-state index in [1.807, 2.05) is 19.1 Å². The van der Waals surface area contributed by atoms with Crippen LogP contribution in [0.15, 0.2) is 18.2 Å². The van der Waals surface area contributed by atoms with Crippen molar-refractivity contribution in [3.05, 3.63) is 34.9 Å². The maximum atomic E-state index is 8.69. The average Bonchev–Trinajstić information content (AvgIpc) is 2.09. The summed E-state index contributed by atoms with van der Waals surface area (Å²) in [6, 6.07) is 7.65. The van der Waals surface area contributed by atoms with E-state index in [-0.39, 0.29) is 0 Å². The zero-order valence-corrected chi connectivity index (χ0v) is 6.87. The van der Waals surface area contributed by atoms with Gasteiger partial charge in [0.05, 0.1) is 18.2 Å². The minimum atomic E-state index is 0.342. The summed E-state index contributed by atoms with van der Waals surface area (Å²) in [5.41, 5.74) is 2.56. The fourth-order valence-corrected chi connectivity index (χ4v) is 0.976. The summed E-state index contributed by atoms with van der Waals surface area (Å²) in [6.07, 6.45) is 0. The fourth-order valence-electron chi connectivity index (χ4n) is 0.976. The van der Waals surface area contributed by atoms with Gasteiger partial charge in [0.25, 0.3) is 0 Å². The lowest BCUT2D eigenvalue weighted by molar-refractivity contribution is 0.124. The Hall–Kier alpha value is -1.37. The molecule has 1 aromatic carbocycles. The predicted molar refractivity (Wildman–Crippen MR) is 44.9 cm³/mol. The molecule has 0 atom stereocenters. The van der Waals surface area contributed by atoms with E-state index in [4.69, 9.17) is 11.2 Å². The molecule has 62 valence electrons. The molecule has 1 aromatic rings. The number of nitriles is 1. The van der Waals surface area contributed by atoms with Crippen molar-refractivity contribution in [3.63, 3.8) is 0 Å². The number of hydrogen-bond donors (Lipinski definition) is 1. The topological polar surface area (TPSA) is 59.0 Å². The maximum Gasteiger partial charge on any atom is 0.0994 e. The molecule has 0 saturated heterocycles. The van der Waals surface area contributed by atoms with Gasteiger partial charge in [0.15, 0.2) is 0 Å². The number of benzene rings is 1. The fraction of sp³-hybridized carbons (Fsp3) is 0.222. The van der Waals surface area contributed by atoms with Crippen LogP contribution in [0.2, 0.25) is 0 Å². The van der Waals surface area contributed by atoms with Crippen molar-refractivity contribution >= 4 is 0 Å². The first-order valence-corrected chi connectivity index (χ1v) is 3.59. The number of rotatable bonds is 2. The summed E-state index contributed by atoms with van der Waals surface area (Å²) in [5, 5.41) is 8.69. The Kier molecular flexibility index (Phi) is 2.81. The molecule has 2 N–H and O–H groups in total. The molecule has 1 rings (SSSR count). The van der Waals surface area contributed by atoms with Crippen LogP contribution in [0.1, 0.15) is 16.7 Å². The Morgan fingerprint density at radius 2 is 2.33 bits per heavy atom. The van der Waals surface area contributed by atoms with Crippen LogP contribution in [0.3, 0.4) is 0 Å². The summed E-state index contributed by atoms with van der Waals surface area (Å²) >= 11 is 0. The molecule has 0 saturated carbocycles. The van der Waals surface area contributed by atoms with Crippen LogP contribution in [0.25, 0.3) is 0 Å². The van der Waals surface area contributed by atoms with E-state index >= 15 is 0 Å². The summed E-state index contributed by atoms with van der Waals surface area (Å²) in [7, 11) is 0. The lowest BCUT2D eigenvalue weighted by Gasteiger charge is -2.01. The van der Waals surface area contributed by atoms with Crippen LogP contribution >= 0.6 is 0 Å². The zero-order chi connectivity index (χ0) is 8.97. The van der Waals surface area contributed by atoms with E-state index in [9.17, 15) is 0 Å².